The van der Waals surface area contributed by atoms with Crippen LogP contribution in [0.2, 0.25) is 0 Å². The van der Waals surface area contributed by atoms with E-state index in [2.05, 4.69) is 23.2 Å². The summed E-state index contributed by atoms with van der Waals surface area (Å²) in [6, 6.07) is 15.5. The summed E-state index contributed by atoms with van der Waals surface area (Å²) in [5.74, 6) is -0.265. The third-order valence-electron chi connectivity index (χ3n) is 4.48. The highest BCUT2D eigenvalue weighted by Gasteiger charge is 2.22. The fourth-order valence-electron chi connectivity index (χ4n) is 3.11. The Balaban J connectivity index is 1.60. The molecule has 0 fully saturated rings. The smallest absolute Gasteiger partial charge is 0.270 e. The summed E-state index contributed by atoms with van der Waals surface area (Å²) in [4.78, 5) is 31.2. The molecule has 0 N–H and O–H groups in total. The number of aromatic nitrogens is 2. The molecule has 1 aromatic carbocycles. The van der Waals surface area contributed by atoms with E-state index >= 15 is 0 Å². The van der Waals surface area contributed by atoms with Crippen LogP contribution in [0.25, 0.3) is 11.2 Å². The summed E-state index contributed by atoms with van der Waals surface area (Å²) in [7, 11) is 0. The van der Waals surface area contributed by atoms with Crippen LogP contribution in [0.4, 0.5) is 0 Å². The second-order valence-electron chi connectivity index (χ2n) is 6.00. The molecule has 0 aliphatic carbocycles. The van der Waals surface area contributed by atoms with Crippen LogP contribution in [0.15, 0.2) is 71.8 Å². The van der Waals surface area contributed by atoms with Crippen LogP contribution in [0, 0.1) is 0 Å². The first-order chi connectivity index (χ1) is 12.2. The molecule has 0 bridgehead atoms. The molecule has 1 amide bonds. The molecule has 2 aromatic heterocycles. The highest BCUT2D eigenvalue weighted by Crippen LogP contribution is 2.22. The Morgan fingerprint density at radius 1 is 1.04 bits per heavy atom. The molecule has 25 heavy (non-hydrogen) atoms. The lowest BCUT2D eigenvalue weighted by molar-refractivity contribution is 0.0770. The monoisotopic (exact) mass is 331 g/mol. The van der Waals surface area contributed by atoms with Gasteiger partial charge in [0.05, 0.1) is 0 Å². The summed E-state index contributed by atoms with van der Waals surface area (Å²) in [5.41, 5.74) is 2.74. The van der Waals surface area contributed by atoms with E-state index in [1.165, 1.54) is 21.7 Å². The van der Waals surface area contributed by atoms with Crippen molar-refractivity contribution in [3.63, 3.8) is 0 Å². The Hall–Kier alpha value is -3.21. The van der Waals surface area contributed by atoms with Crippen molar-refractivity contribution in [3.8, 4) is 0 Å². The van der Waals surface area contributed by atoms with Crippen LogP contribution >= 0.6 is 0 Å². The molecule has 0 radical (unpaired) electrons. The summed E-state index contributed by atoms with van der Waals surface area (Å²) < 4.78 is 1.41. The van der Waals surface area contributed by atoms with E-state index in [-0.39, 0.29) is 17.0 Å². The number of pyridine rings is 1. The number of carbonyl (C=O) groups excluding carboxylic acids is 1. The molecular weight excluding hydrogens is 314 g/mol. The maximum Gasteiger partial charge on any atom is 0.270 e. The lowest BCUT2D eigenvalue weighted by atomic mass is 9.99. The summed E-state index contributed by atoms with van der Waals surface area (Å²) in [5, 5.41) is 0. The number of rotatable bonds is 2. The fourth-order valence-corrected chi connectivity index (χ4v) is 3.11. The Labute approximate surface area is 144 Å². The number of hydrogen-bond donors (Lipinski definition) is 0. The fraction of sp³-hybridized carbons (Fsp3) is 0.150. The minimum atomic E-state index is -0.326. The van der Waals surface area contributed by atoms with E-state index < -0.39 is 0 Å². The number of fused-ring (bicyclic) bond motifs is 1. The van der Waals surface area contributed by atoms with E-state index in [0.29, 0.717) is 18.7 Å². The van der Waals surface area contributed by atoms with Gasteiger partial charge < -0.3 is 4.90 Å². The van der Waals surface area contributed by atoms with E-state index in [4.69, 9.17) is 0 Å². The quantitative estimate of drug-likeness (QED) is 0.725. The topological polar surface area (TPSA) is 54.7 Å². The van der Waals surface area contributed by atoms with Crippen molar-refractivity contribution in [2.45, 2.75) is 6.42 Å². The predicted octanol–water partition coefficient (Wildman–Crippen LogP) is 2.62. The zero-order chi connectivity index (χ0) is 17.2. The van der Waals surface area contributed by atoms with Crippen LogP contribution in [0.5, 0.6) is 0 Å². The maximum atomic E-state index is 12.8. The predicted molar refractivity (Wildman–Crippen MR) is 96.4 cm³/mol. The second kappa shape index (κ2) is 6.36. The first-order valence-electron chi connectivity index (χ1n) is 8.24. The molecule has 5 nitrogen and oxygen atoms in total. The van der Waals surface area contributed by atoms with Gasteiger partial charge in [-0.25, -0.2) is 4.98 Å². The van der Waals surface area contributed by atoms with Crippen LogP contribution in [0.3, 0.4) is 0 Å². The molecule has 0 atom stereocenters. The van der Waals surface area contributed by atoms with Gasteiger partial charge >= 0.3 is 0 Å². The largest absolute Gasteiger partial charge is 0.334 e. The summed E-state index contributed by atoms with van der Waals surface area (Å²) in [6.07, 6.45) is 5.85. The molecule has 0 spiro atoms. The minimum absolute atomic E-state index is 0.111. The molecule has 0 unspecified atom stereocenters. The van der Waals surface area contributed by atoms with E-state index in [1.54, 1.807) is 23.2 Å². The lowest BCUT2D eigenvalue weighted by Crippen LogP contribution is -2.38. The SMILES string of the molecule is O=C(c1cnc2ccccn2c1=O)N1CC=C(c2ccccc2)CC1. The lowest BCUT2D eigenvalue weighted by Gasteiger charge is -2.26. The molecule has 4 rings (SSSR count). The molecule has 3 heterocycles. The van der Waals surface area contributed by atoms with Gasteiger partial charge in [-0.1, -0.05) is 42.5 Å². The molecule has 3 aromatic rings. The Morgan fingerprint density at radius 2 is 1.84 bits per heavy atom. The van der Waals surface area contributed by atoms with Crippen molar-refractivity contribution in [1.29, 1.82) is 0 Å². The minimum Gasteiger partial charge on any atom is -0.334 e. The molecule has 1 aliphatic heterocycles. The van der Waals surface area contributed by atoms with Gasteiger partial charge in [0.1, 0.15) is 11.2 Å². The molecule has 5 heteroatoms. The van der Waals surface area contributed by atoms with Crippen molar-refractivity contribution in [2.24, 2.45) is 0 Å². The molecular formula is C20H17N3O2. The van der Waals surface area contributed by atoms with Crippen molar-refractivity contribution >= 4 is 17.1 Å². The van der Waals surface area contributed by atoms with Gasteiger partial charge in [0, 0.05) is 25.5 Å². The van der Waals surface area contributed by atoms with Crippen LogP contribution < -0.4 is 5.56 Å². The van der Waals surface area contributed by atoms with Gasteiger partial charge in [-0.15, -0.1) is 0 Å². The summed E-state index contributed by atoms with van der Waals surface area (Å²) in [6.45, 7) is 1.09. The first kappa shape index (κ1) is 15.3. The van der Waals surface area contributed by atoms with Crippen molar-refractivity contribution in [3.05, 3.63) is 88.5 Å². The molecule has 0 saturated heterocycles. The maximum absolute atomic E-state index is 12.8. The van der Waals surface area contributed by atoms with E-state index in [9.17, 15) is 9.59 Å². The summed E-state index contributed by atoms with van der Waals surface area (Å²) >= 11 is 0. The van der Waals surface area contributed by atoms with Gasteiger partial charge in [0.25, 0.3) is 11.5 Å². The zero-order valence-electron chi connectivity index (χ0n) is 13.6. The first-order valence-corrected chi connectivity index (χ1v) is 8.24. The highest BCUT2D eigenvalue weighted by molar-refractivity contribution is 5.94. The highest BCUT2D eigenvalue weighted by atomic mass is 16.2. The van der Waals surface area contributed by atoms with Crippen LogP contribution in [-0.4, -0.2) is 33.3 Å². The zero-order valence-corrected chi connectivity index (χ0v) is 13.6. The molecule has 1 aliphatic rings. The number of amides is 1. The Kier molecular flexibility index (Phi) is 3.90. The molecule has 0 saturated carbocycles. The van der Waals surface area contributed by atoms with Gasteiger partial charge in [0.15, 0.2) is 0 Å². The van der Waals surface area contributed by atoms with Crippen LogP contribution in [0.1, 0.15) is 22.3 Å². The average molecular weight is 331 g/mol. The standard InChI is InChI=1S/C20H17N3O2/c24-19(17-14-21-18-8-4-5-11-23(18)20(17)25)22-12-9-16(10-13-22)15-6-2-1-3-7-15/h1-9,11,14H,10,12-13H2. The number of nitrogens with zero attached hydrogens (tertiary/aromatic N) is 3. The second-order valence-corrected chi connectivity index (χ2v) is 6.00. The third-order valence-corrected chi connectivity index (χ3v) is 4.48. The average Bonchev–Trinajstić information content (AvgIpc) is 2.69. The number of hydrogen-bond acceptors (Lipinski definition) is 3. The molecule has 124 valence electrons. The van der Waals surface area contributed by atoms with Crippen LogP contribution in [-0.2, 0) is 0 Å². The van der Waals surface area contributed by atoms with Gasteiger partial charge in [-0.3, -0.25) is 14.0 Å². The normalized spacial score (nSPS) is 14.4. The van der Waals surface area contributed by atoms with E-state index in [1.807, 2.05) is 24.3 Å². The number of carbonyl (C=O) groups is 1. The van der Waals surface area contributed by atoms with Crippen molar-refractivity contribution in [2.75, 3.05) is 13.1 Å². The Bertz CT molecular complexity index is 1020. The van der Waals surface area contributed by atoms with Gasteiger partial charge in [-0.2, -0.15) is 0 Å². The Morgan fingerprint density at radius 3 is 2.60 bits per heavy atom. The van der Waals surface area contributed by atoms with E-state index in [0.717, 1.165) is 6.42 Å². The third kappa shape index (κ3) is 2.85. The van der Waals surface area contributed by atoms with Gasteiger partial charge in [0.2, 0.25) is 0 Å². The van der Waals surface area contributed by atoms with Gasteiger partial charge in [-0.05, 0) is 29.7 Å². The van der Waals surface area contributed by atoms with Crippen molar-refractivity contribution in [1.82, 2.24) is 14.3 Å². The van der Waals surface area contributed by atoms with Crippen molar-refractivity contribution < 1.29 is 4.79 Å². The number of benzene rings is 1.